The molecule has 3 aromatic rings. The van der Waals surface area contributed by atoms with Crippen LogP contribution in [0.3, 0.4) is 0 Å². The van der Waals surface area contributed by atoms with E-state index < -0.39 is 16.8 Å². The van der Waals surface area contributed by atoms with Crippen molar-refractivity contribution in [1.29, 1.82) is 0 Å². The molecule has 0 spiro atoms. The van der Waals surface area contributed by atoms with E-state index in [1.807, 2.05) is 4.98 Å². The van der Waals surface area contributed by atoms with E-state index in [4.69, 9.17) is 0 Å². The van der Waals surface area contributed by atoms with Crippen molar-refractivity contribution in [2.75, 3.05) is 0 Å². The van der Waals surface area contributed by atoms with Gasteiger partial charge in [-0.1, -0.05) is 30.3 Å². The average molecular weight is 272 g/mol. The van der Waals surface area contributed by atoms with Crippen molar-refractivity contribution in [1.82, 2.24) is 9.97 Å². The lowest BCUT2D eigenvalue weighted by Crippen LogP contribution is -2.45. The minimum Gasteiger partial charge on any atom is -0.710 e. The molecule has 0 atom stereocenters. The Labute approximate surface area is 110 Å². The number of H-pyrrole nitrogens is 2. The largest absolute Gasteiger partial charge is 0.710 e. The van der Waals surface area contributed by atoms with E-state index in [1.54, 1.807) is 30.3 Å². The molecule has 0 aliphatic heterocycles. The third kappa shape index (κ3) is 1.70. The van der Waals surface area contributed by atoms with Gasteiger partial charge in [0.1, 0.15) is 0 Å². The lowest BCUT2D eigenvalue weighted by Gasteiger charge is -2.10. The zero-order valence-electron chi connectivity index (χ0n) is 9.99. The lowest BCUT2D eigenvalue weighted by molar-refractivity contribution is -0.622. The molecule has 20 heavy (non-hydrogen) atoms. The Morgan fingerprint density at radius 1 is 1.00 bits per heavy atom. The van der Waals surface area contributed by atoms with Crippen LogP contribution in [0.4, 0.5) is 0 Å². The third-order valence-electron chi connectivity index (χ3n) is 2.85. The van der Waals surface area contributed by atoms with Crippen molar-refractivity contribution in [3.05, 3.63) is 67.8 Å². The quantitative estimate of drug-likeness (QED) is 0.443. The molecule has 0 bridgehead atoms. The third-order valence-corrected chi connectivity index (χ3v) is 2.85. The highest BCUT2D eigenvalue weighted by Gasteiger charge is 2.22. The molecule has 0 radical (unpaired) electrons. The van der Waals surface area contributed by atoms with E-state index in [9.17, 15) is 20.0 Å². The van der Waals surface area contributed by atoms with Gasteiger partial charge >= 0.3 is 22.4 Å². The summed E-state index contributed by atoms with van der Waals surface area (Å²) in [5.41, 5.74) is -2.06. The van der Waals surface area contributed by atoms with Crippen molar-refractivity contribution in [3.63, 3.8) is 0 Å². The van der Waals surface area contributed by atoms with E-state index in [1.165, 1.54) is 0 Å². The summed E-state index contributed by atoms with van der Waals surface area (Å²) >= 11 is 0. The van der Waals surface area contributed by atoms with Crippen LogP contribution in [-0.4, -0.2) is 9.97 Å². The molecule has 2 heterocycles. The molecule has 2 aromatic heterocycles. The number of aromatic nitrogens is 4. The van der Waals surface area contributed by atoms with Gasteiger partial charge in [0.25, 0.3) is 0 Å². The average Bonchev–Trinajstić information content (AvgIpc) is 2.43. The molecule has 0 fully saturated rings. The number of hydrogen-bond donors (Lipinski definition) is 2. The summed E-state index contributed by atoms with van der Waals surface area (Å²) in [6.45, 7) is 0. The van der Waals surface area contributed by atoms with Crippen LogP contribution in [0, 0.1) is 10.4 Å². The maximum Gasteiger partial charge on any atom is 0.413 e. The van der Waals surface area contributed by atoms with E-state index in [2.05, 4.69) is 4.98 Å². The van der Waals surface area contributed by atoms with Crippen molar-refractivity contribution in [2.45, 2.75) is 0 Å². The number of aromatic amines is 2. The molecule has 0 saturated carbocycles. The molecule has 1 aromatic carbocycles. The predicted octanol–water partition coefficient (Wildman–Crippen LogP) is -0.850. The normalized spacial score (nSPS) is 10.8. The second kappa shape index (κ2) is 4.19. The van der Waals surface area contributed by atoms with Gasteiger partial charge in [-0.3, -0.25) is 4.79 Å². The maximum absolute atomic E-state index is 12.2. The molecule has 8 nitrogen and oxygen atoms in total. The van der Waals surface area contributed by atoms with Crippen LogP contribution in [0.15, 0.2) is 46.1 Å². The van der Waals surface area contributed by atoms with Gasteiger partial charge in [-0.25, -0.2) is 14.5 Å². The maximum atomic E-state index is 12.2. The van der Waals surface area contributed by atoms with E-state index >= 15 is 0 Å². The van der Waals surface area contributed by atoms with Crippen molar-refractivity contribution >= 4 is 11.2 Å². The van der Waals surface area contributed by atoms with Gasteiger partial charge in [-0.2, -0.15) is 9.71 Å². The monoisotopic (exact) mass is 272 g/mol. The van der Waals surface area contributed by atoms with Crippen LogP contribution in [0.25, 0.3) is 22.4 Å². The molecule has 3 rings (SSSR count). The first-order chi connectivity index (χ1) is 9.58. The fourth-order valence-corrected chi connectivity index (χ4v) is 1.97. The van der Waals surface area contributed by atoms with Gasteiger partial charge in [0.05, 0.1) is 0 Å². The second-order valence-electron chi connectivity index (χ2n) is 4.11. The van der Waals surface area contributed by atoms with Crippen molar-refractivity contribution < 1.29 is 9.46 Å². The molecular formula is C12H8N4O4. The van der Waals surface area contributed by atoms with Gasteiger partial charge in [-0.05, 0) is 0 Å². The molecule has 0 aliphatic carbocycles. The second-order valence-corrected chi connectivity index (χ2v) is 4.11. The Morgan fingerprint density at radius 2 is 1.70 bits per heavy atom. The minimum absolute atomic E-state index is 0.0364. The highest BCUT2D eigenvalue weighted by atomic mass is 16.5. The topological polar surface area (TPSA) is 120 Å². The first kappa shape index (κ1) is 11.9. The van der Waals surface area contributed by atoms with E-state index in [0.717, 1.165) is 6.20 Å². The summed E-state index contributed by atoms with van der Waals surface area (Å²) in [5.74, 6) is 0. The molecule has 0 saturated heterocycles. The van der Waals surface area contributed by atoms with Crippen LogP contribution in [-0.2, 0) is 0 Å². The molecule has 8 heteroatoms. The molecule has 0 unspecified atom stereocenters. The molecule has 2 N–H and O–H groups in total. The number of nitrogens with zero attached hydrogens (tertiary/aromatic N) is 2. The zero-order valence-corrected chi connectivity index (χ0v) is 9.99. The summed E-state index contributed by atoms with van der Waals surface area (Å²) in [7, 11) is 0. The molecule has 100 valence electrons. The number of fused-ring (bicyclic) bond motifs is 1. The predicted molar refractivity (Wildman–Crippen MR) is 68.5 cm³/mol. The van der Waals surface area contributed by atoms with E-state index in [0.29, 0.717) is 10.3 Å². The summed E-state index contributed by atoms with van der Waals surface area (Å²) in [4.78, 5) is 26.9. The number of hydrogen-bond acceptors (Lipinski definition) is 4. The van der Waals surface area contributed by atoms with Crippen molar-refractivity contribution in [3.8, 4) is 11.3 Å². The Morgan fingerprint density at radius 3 is 2.40 bits per heavy atom. The highest BCUT2D eigenvalue weighted by molar-refractivity contribution is 5.63. The molecular weight excluding hydrogens is 264 g/mol. The Hall–Kier alpha value is -3.16. The highest BCUT2D eigenvalue weighted by Crippen LogP contribution is 2.13. The van der Waals surface area contributed by atoms with E-state index in [-0.39, 0.29) is 16.1 Å². The number of nitrogens with one attached hydrogen (secondary N) is 2. The number of rotatable bonds is 1. The number of benzene rings is 1. The SMILES string of the molecule is O=c1[nH]c(=O)c2c([nH]1)[n+]([O-])c(-c1ccccc1)c[n+]2[O-]. The van der Waals surface area contributed by atoms with Crippen LogP contribution >= 0.6 is 0 Å². The van der Waals surface area contributed by atoms with Gasteiger partial charge in [0.2, 0.25) is 11.9 Å². The summed E-state index contributed by atoms with van der Waals surface area (Å²) in [6.07, 6.45) is 0.998. The van der Waals surface area contributed by atoms with Crippen LogP contribution in [0.5, 0.6) is 0 Å². The summed E-state index contributed by atoms with van der Waals surface area (Å²) in [6, 6.07) is 8.45. The molecule has 0 aliphatic rings. The minimum atomic E-state index is -0.914. The summed E-state index contributed by atoms with van der Waals surface area (Å²) in [5, 5.41) is 24.1. The lowest BCUT2D eigenvalue weighted by atomic mass is 10.1. The first-order valence-corrected chi connectivity index (χ1v) is 5.65. The first-order valence-electron chi connectivity index (χ1n) is 5.65. The van der Waals surface area contributed by atoms with Gasteiger partial charge in [0, 0.05) is 5.56 Å². The Bertz CT molecular complexity index is 914. The Balaban J connectivity index is 2.47. The van der Waals surface area contributed by atoms with Crippen LogP contribution in [0.2, 0.25) is 0 Å². The summed E-state index contributed by atoms with van der Waals surface area (Å²) < 4.78 is 0.622. The fraction of sp³-hybridized carbons (Fsp3) is 0. The zero-order chi connectivity index (χ0) is 14.3. The fourth-order valence-electron chi connectivity index (χ4n) is 1.97. The van der Waals surface area contributed by atoms with Crippen LogP contribution < -0.4 is 20.7 Å². The molecule has 0 amide bonds. The van der Waals surface area contributed by atoms with Crippen molar-refractivity contribution in [2.24, 2.45) is 0 Å². The van der Waals surface area contributed by atoms with Gasteiger partial charge < -0.3 is 10.4 Å². The van der Waals surface area contributed by atoms with Gasteiger partial charge in [-0.15, -0.1) is 0 Å². The standard InChI is InChI=1S/C12H8N4O4/c17-11-9-10(13-12(18)14-11)16(20)8(6-15(9)19)7-4-2-1-3-5-7/h1-6H,(H2,13,14,17,18). The van der Waals surface area contributed by atoms with Crippen LogP contribution in [0.1, 0.15) is 0 Å². The Kier molecular flexibility index (Phi) is 2.50. The van der Waals surface area contributed by atoms with Gasteiger partial charge in [0.15, 0.2) is 0 Å². The smallest absolute Gasteiger partial charge is 0.413 e.